The molecule has 0 radical (unpaired) electrons. The lowest BCUT2D eigenvalue weighted by Gasteiger charge is -2.18. The highest BCUT2D eigenvalue weighted by molar-refractivity contribution is 7.17. The molecule has 2 N–H and O–H groups in total. The quantitative estimate of drug-likeness (QED) is 0.672. The fraction of sp³-hybridized carbons (Fsp3) is 0.409. The third-order valence-corrected chi connectivity index (χ3v) is 6.17. The Morgan fingerprint density at radius 2 is 2.00 bits per heavy atom. The van der Waals surface area contributed by atoms with Gasteiger partial charge < -0.3 is 19.9 Å². The highest BCUT2D eigenvalue weighted by Gasteiger charge is 2.30. The van der Waals surface area contributed by atoms with Gasteiger partial charge in [0.05, 0.1) is 12.2 Å². The number of aromatic hydroxyl groups is 1. The largest absolute Gasteiger partial charge is 0.507 e. The summed E-state index contributed by atoms with van der Waals surface area (Å²) in [4.78, 5) is 38.6. The molecule has 1 aromatic heterocycles. The van der Waals surface area contributed by atoms with Gasteiger partial charge in [-0.3, -0.25) is 4.79 Å². The molecule has 7 nitrogen and oxygen atoms in total. The number of nitrogens with one attached hydrogen (secondary N) is 1. The van der Waals surface area contributed by atoms with Gasteiger partial charge in [-0.2, -0.15) is 0 Å². The van der Waals surface area contributed by atoms with E-state index in [0.29, 0.717) is 16.5 Å². The number of rotatable bonds is 6. The molecule has 0 spiro atoms. The number of anilines is 1. The summed E-state index contributed by atoms with van der Waals surface area (Å²) in [5.41, 5.74) is 1.31. The molecule has 1 aromatic carbocycles. The van der Waals surface area contributed by atoms with Crippen molar-refractivity contribution in [2.24, 2.45) is 5.92 Å². The van der Waals surface area contributed by atoms with Gasteiger partial charge in [0.25, 0.3) is 5.91 Å². The number of hydrogen-bond donors (Lipinski definition) is 2. The smallest absolute Gasteiger partial charge is 0.342 e. The summed E-state index contributed by atoms with van der Waals surface area (Å²) in [6.07, 6.45) is 1.46. The van der Waals surface area contributed by atoms with Crippen molar-refractivity contribution < 1.29 is 29.0 Å². The standard InChI is InChI=1S/C22H25NO6S/c1-4-28-22(27)18-15-10-9-12(2)11-17(15)30-20(18)23-19(25)13(3)29-21(26)14-7-5-6-8-16(14)24/h5-8,12-13,24H,4,9-11H2,1-3H3,(H,23,25)/t12-,13-/m1/s1. The number of hydrogen-bond acceptors (Lipinski definition) is 7. The van der Waals surface area contributed by atoms with E-state index in [1.54, 1.807) is 19.1 Å². The van der Waals surface area contributed by atoms with Gasteiger partial charge in [-0.25, -0.2) is 9.59 Å². The Balaban J connectivity index is 1.78. The summed E-state index contributed by atoms with van der Waals surface area (Å²) in [5.74, 6) is -1.54. The van der Waals surface area contributed by atoms with E-state index in [9.17, 15) is 19.5 Å². The van der Waals surface area contributed by atoms with Gasteiger partial charge in [0, 0.05) is 4.88 Å². The van der Waals surface area contributed by atoms with E-state index in [2.05, 4.69) is 12.2 Å². The van der Waals surface area contributed by atoms with Gasteiger partial charge in [0.1, 0.15) is 16.3 Å². The van der Waals surface area contributed by atoms with Crippen molar-refractivity contribution in [2.75, 3.05) is 11.9 Å². The summed E-state index contributed by atoms with van der Waals surface area (Å²) < 4.78 is 10.4. The van der Waals surface area contributed by atoms with Gasteiger partial charge in [0.2, 0.25) is 0 Å². The Kier molecular flexibility index (Phi) is 6.77. The predicted molar refractivity (Wildman–Crippen MR) is 113 cm³/mol. The molecule has 30 heavy (non-hydrogen) atoms. The molecule has 0 saturated heterocycles. The first-order chi connectivity index (χ1) is 14.3. The fourth-order valence-electron chi connectivity index (χ4n) is 3.40. The molecular formula is C22H25NO6S. The van der Waals surface area contributed by atoms with Crippen LogP contribution in [0.4, 0.5) is 5.00 Å². The van der Waals surface area contributed by atoms with E-state index in [-0.39, 0.29) is 17.9 Å². The second kappa shape index (κ2) is 9.30. The minimum Gasteiger partial charge on any atom is -0.507 e. The Morgan fingerprint density at radius 1 is 1.27 bits per heavy atom. The van der Waals surface area contributed by atoms with Crippen LogP contribution < -0.4 is 5.32 Å². The molecule has 1 amide bonds. The Hall–Kier alpha value is -2.87. The third-order valence-electron chi connectivity index (χ3n) is 5.00. The Bertz CT molecular complexity index is 967. The molecule has 1 aliphatic carbocycles. The average molecular weight is 432 g/mol. The predicted octanol–water partition coefficient (Wildman–Crippen LogP) is 3.94. The van der Waals surface area contributed by atoms with E-state index < -0.39 is 23.9 Å². The number of ether oxygens (including phenoxy) is 2. The molecule has 0 aliphatic heterocycles. The molecule has 0 saturated carbocycles. The van der Waals surface area contributed by atoms with Crippen LogP contribution in [0.15, 0.2) is 24.3 Å². The molecule has 2 atom stereocenters. The van der Waals surface area contributed by atoms with E-state index in [1.165, 1.54) is 30.4 Å². The number of fused-ring (bicyclic) bond motifs is 1. The highest BCUT2D eigenvalue weighted by Crippen LogP contribution is 2.40. The molecule has 0 unspecified atom stereocenters. The van der Waals surface area contributed by atoms with E-state index >= 15 is 0 Å². The van der Waals surface area contributed by atoms with Crippen molar-refractivity contribution >= 4 is 34.2 Å². The molecule has 8 heteroatoms. The van der Waals surface area contributed by atoms with Crippen LogP contribution >= 0.6 is 11.3 Å². The Morgan fingerprint density at radius 3 is 2.70 bits per heavy atom. The number of thiophene rings is 1. The van der Waals surface area contributed by atoms with Crippen molar-refractivity contribution in [1.82, 2.24) is 0 Å². The minimum absolute atomic E-state index is 0.0232. The maximum Gasteiger partial charge on any atom is 0.342 e. The van der Waals surface area contributed by atoms with Crippen LogP contribution in [0.25, 0.3) is 0 Å². The van der Waals surface area contributed by atoms with Crippen molar-refractivity contribution in [3.8, 4) is 5.75 Å². The lowest BCUT2D eigenvalue weighted by Crippen LogP contribution is -2.30. The molecule has 160 valence electrons. The monoisotopic (exact) mass is 431 g/mol. The van der Waals surface area contributed by atoms with Crippen molar-refractivity contribution in [1.29, 1.82) is 0 Å². The molecule has 0 fully saturated rings. The number of carbonyl (C=O) groups excluding carboxylic acids is 3. The number of phenolic OH excluding ortho intramolecular Hbond substituents is 1. The minimum atomic E-state index is -1.12. The summed E-state index contributed by atoms with van der Waals surface area (Å²) in [6.45, 7) is 5.57. The average Bonchev–Trinajstić information content (AvgIpc) is 3.05. The first-order valence-electron chi connectivity index (χ1n) is 9.93. The number of amides is 1. The van der Waals surface area contributed by atoms with Crippen LogP contribution in [-0.2, 0) is 27.1 Å². The van der Waals surface area contributed by atoms with Gasteiger partial charge in [-0.05, 0) is 56.7 Å². The second-order valence-electron chi connectivity index (χ2n) is 7.33. The first kappa shape index (κ1) is 21.8. The summed E-state index contributed by atoms with van der Waals surface area (Å²) >= 11 is 1.37. The summed E-state index contributed by atoms with van der Waals surface area (Å²) in [7, 11) is 0. The van der Waals surface area contributed by atoms with Crippen LogP contribution in [-0.4, -0.2) is 35.7 Å². The normalized spacial score (nSPS) is 16.3. The summed E-state index contributed by atoms with van der Waals surface area (Å²) in [5, 5.41) is 12.9. The summed E-state index contributed by atoms with van der Waals surface area (Å²) in [6, 6.07) is 5.95. The maximum absolute atomic E-state index is 12.7. The molecule has 1 aliphatic rings. The van der Waals surface area contributed by atoms with Gasteiger partial charge >= 0.3 is 11.9 Å². The van der Waals surface area contributed by atoms with Crippen LogP contribution in [0, 0.1) is 5.92 Å². The molecule has 1 heterocycles. The lowest BCUT2D eigenvalue weighted by atomic mass is 9.88. The second-order valence-corrected chi connectivity index (χ2v) is 8.44. The zero-order valence-electron chi connectivity index (χ0n) is 17.2. The van der Waals surface area contributed by atoms with E-state index in [4.69, 9.17) is 9.47 Å². The van der Waals surface area contributed by atoms with Crippen LogP contribution in [0.2, 0.25) is 0 Å². The lowest BCUT2D eigenvalue weighted by molar-refractivity contribution is -0.123. The van der Waals surface area contributed by atoms with Crippen LogP contribution in [0.1, 0.15) is 58.3 Å². The van der Waals surface area contributed by atoms with Gasteiger partial charge in [-0.1, -0.05) is 19.1 Å². The SMILES string of the molecule is CCOC(=O)c1c(NC(=O)[C@@H](C)OC(=O)c2ccccc2O)sc2c1CC[C@@H](C)C2. The fourth-order valence-corrected chi connectivity index (χ4v) is 4.80. The number of para-hydroxylation sites is 1. The Labute approximate surface area is 179 Å². The molecular weight excluding hydrogens is 406 g/mol. The van der Waals surface area contributed by atoms with Crippen LogP contribution in [0.3, 0.4) is 0 Å². The van der Waals surface area contributed by atoms with Crippen molar-refractivity contribution in [3.05, 3.63) is 45.8 Å². The van der Waals surface area contributed by atoms with Crippen molar-refractivity contribution in [2.45, 2.75) is 46.1 Å². The van der Waals surface area contributed by atoms with Crippen molar-refractivity contribution in [3.63, 3.8) is 0 Å². The highest BCUT2D eigenvalue weighted by atomic mass is 32.1. The third kappa shape index (κ3) is 4.64. The van der Waals surface area contributed by atoms with Crippen LogP contribution in [0.5, 0.6) is 5.75 Å². The number of benzene rings is 1. The number of carbonyl (C=O) groups is 3. The van der Waals surface area contributed by atoms with E-state index in [1.807, 2.05) is 0 Å². The zero-order valence-corrected chi connectivity index (χ0v) is 18.0. The molecule has 0 bridgehead atoms. The van der Waals surface area contributed by atoms with Gasteiger partial charge in [-0.15, -0.1) is 11.3 Å². The van der Waals surface area contributed by atoms with Gasteiger partial charge in [0.15, 0.2) is 6.10 Å². The maximum atomic E-state index is 12.7. The molecule has 3 rings (SSSR count). The van der Waals surface area contributed by atoms with E-state index in [0.717, 1.165) is 29.7 Å². The topological polar surface area (TPSA) is 102 Å². The number of esters is 2. The molecule has 2 aromatic rings. The first-order valence-corrected chi connectivity index (χ1v) is 10.7. The zero-order chi connectivity index (χ0) is 21.8. The number of phenols is 1.